The molecular weight excluding hydrogens is 449 g/mol. The highest BCUT2D eigenvalue weighted by molar-refractivity contribution is 8.26. The van der Waals surface area contributed by atoms with Gasteiger partial charge < -0.3 is 9.47 Å². The van der Waals surface area contributed by atoms with Crippen LogP contribution in [0.15, 0.2) is 54.0 Å². The van der Waals surface area contributed by atoms with E-state index in [-0.39, 0.29) is 5.91 Å². The van der Waals surface area contributed by atoms with E-state index in [4.69, 9.17) is 44.9 Å². The topological polar surface area (TPSA) is 38.8 Å². The van der Waals surface area contributed by atoms with Crippen molar-refractivity contribution < 1.29 is 14.3 Å². The third-order valence-electron chi connectivity index (χ3n) is 4.03. The lowest BCUT2D eigenvalue weighted by atomic mass is 10.1. The lowest BCUT2D eigenvalue weighted by molar-refractivity contribution is -0.121. The second-order valence-electron chi connectivity index (χ2n) is 6.03. The number of rotatable bonds is 7. The van der Waals surface area contributed by atoms with Gasteiger partial charge in [-0.2, -0.15) is 0 Å². The highest BCUT2D eigenvalue weighted by atomic mass is 35.5. The summed E-state index contributed by atoms with van der Waals surface area (Å²) in [6, 6.07) is 10.8. The molecule has 0 atom stereocenters. The Morgan fingerprint density at radius 1 is 1.24 bits per heavy atom. The molecule has 1 aliphatic heterocycles. The lowest BCUT2D eigenvalue weighted by Crippen LogP contribution is -2.27. The molecule has 2 aromatic carbocycles. The highest BCUT2D eigenvalue weighted by Crippen LogP contribution is 2.39. The monoisotopic (exact) mass is 465 g/mol. The molecule has 1 saturated heterocycles. The first-order valence-electron chi connectivity index (χ1n) is 8.54. The van der Waals surface area contributed by atoms with Crippen molar-refractivity contribution in [1.29, 1.82) is 0 Å². The van der Waals surface area contributed by atoms with E-state index < -0.39 is 0 Å². The molecule has 0 radical (unpaired) electrons. The average molecular weight is 466 g/mol. The first kappa shape index (κ1) is 21.7. The lowest BCUT2D eigenvalue weighted by Gasteiger charge is -2.14. The number of halogens is 2. The second kappa shape index (κ2) is 9.67. The number of methoxy groups -OCH3 is 1. The maximum absolute atomic E-state index is 12.5. The van der Waals surface area contributed by atoms with Crippen molar-refractivity contribution in [2.24, 2.45) is 0 Å². The van der Waals surface area contributed by atoms with Crippen LogP contribution in [0.1, 0.15) is 11.1 Å². The van der Waals surface area contributed by atoms with Crippen LogP contribution in [0.3, 0.4) is 0 Å². The first-order chi connectivity index (χ1) is 13.9. The van der Waals surface area contributed by atoms with E-state index in [1.807, 2.05) is 12.1 Å². The minimum Gasteiger partial charge on any atom is -0.493 e. The van der Waals surface area contributed by atoms with E-state index in [2.05, 4.69) is 6.58 Å². The van der Waals surface area contributed by atoms with Crippen LogP contribution in [0.5, 0.6) is 11.5 Å². The number of benzene rings is 2. The van der Waals surface area contributed by atoms with Crippen molar-refractivity contribution in [2.75, 3.05) is 13.7 Å². The molecule has 2 aromatic rings. The van der Waals surface area contributed by atoms with Crippen molar-refractivity contribution in [3.8, 4) is 11.5 Å². The van der Waals surface area contributed by atoms with Gasteiger partial charge in [0.2, 0.25) is 0 Å². The van der Waals surface area contributed by atoms with Gasteiger partial charge in [0, 0.05) is 11.6 Å². The van der Waals surface area contributed by atoms with E-state index >= 15 is 0 Å². The molecule has 0 aromatic heterocycles. The standard InChI is InChI=1S/C21H17Cl2NO3S2/c1-3-8-24-20(25)18(29-21(24)28)11-14-9-16(23)19(17(10-14)26-2)27-12-13-4-6-15(22)7-5-13/h3-7,9-11H,1,8,12H2,2H3. The van der Waals surface area contributed by atoms with Crippen molar-refractivity contribution in [1.82, 2.24) is 4.90 Å². The molecule has 3 rings (SSSR count). The molecule has 29 heavy (non-hydrogen) atoms. The molecule has 150 valence electrons. The molecule has 4 nitrogen and oxygen atoms in total. The minimum atomic E-state index is -0.155. The zero-order valence-corrected chi connectivity index (χ0v) is 18.6. The molecule has 0 aliphatic carbocycles. The Bertz CT molecular complexity index is 990. The summed E-state index contributed by atoms with van der Waals surface area (Å²) in [6.45, 7) is 4.34. The summed E-state index contributed by atoms with van der Waals surface area (Å²) in [5.41, 5.74) is 1.66. The third-order valence-corrected chi connectivity index (χ3v) is 5.94. The van der Waals surface area contributed by atoms with Crippen molar-refractivity contribution in [3.63, 3.8) is 0 Å². The molecule has 8 heteroatoms. The summed E-state index contributed by atoms with van der Waals surface area (Å²) >= 11 is 18.8. The van der Waals surface area contributed by atoms with Gasteiger partial charge in [-0.05, 0) is 41.5 Å². The quantitative estimate of drug-likeness (QED) is 0.286. The van der Waals surface area contributed by atoms with Gasteiger partial charge >= 0.3 is 0 Å². The third kappa shape index (κ3) is 5.14. The zero-order valence-electron chi connectivity index (χ0n) is 15.5. The predicted molar refractivity (Wildman–Crippen MR) is 124 cm³/mol. The van der Waals surface area contributed by atoms with Gasteiger partial charge in [0.1, 0.15) is 10.9 Å². The van der Waals surface area contributed by atoms with Crippen molar-refractivity contribution in [3.05, 3.63) is 75.1 Å². The van der Waals surface area contributed by atoms with Crippen LogP contribution >= 0.6 is 47.2 Å². The van der Waals surface area contributed by atoms with Crippen LogP contribution in [0.25, 0.3) is 6.08 Å². The van der Waals surface area contributed by atoms with Crippen LogP contribution in [0, 0.1) is 0 Å². The number of nitrogens with zero attached hydrogens (tertiary/aromatic N) is 1. The fraction of sp³-hybridized carbons (Fsp3) is 0.143. The molecule has 0 unspecified atom stereocenters. The van der Waals surface area contributed by atoms with Gasteiger partial charge in [-0.1, -0.05) is 65.4 Å². The van der Waals surface area contributed by atoms with E-state index in [0.29, 0.717) is 49.5 Å². The summed E-state index contributed by atoms with van der Waals surface area (Å²) in [5.74, 6) is 0.748. The number of hydrogen-bond donors (Lipinski definition) is 0. The Morgan fingerprint density at radius 2 is 1.97 bits per heavy atom. The smallest absolute Gasteiger partial charge is 0.266 e. The molecule has 1 amide bonds. The van der Waals surface area contributed by atoms with Gasteiger partial charge in [0.05, 0.1) is 17.0 Å². The Kier molecular flexibility index (Phi) is 7.24. The van der Waals surface area contributed by atoms with Crippen molar-refractivity contribution >= 4 is 63.5 Å². The SMILES string of the molecule is C=CCN1C(=O)C(=Cc2cc(Cl)c(OCc3ccc(Cl)cc3)c(OC)c2)SC1=S. The van der Waals surface area contributed by atoms with Crippen LogP contribution in [-0.2, 0) is 11.4 Å². The summed E-state index contributed by atoms with van der Waals surface area (Å²) < 4.78 is 11.8. The Hall–Kier alpha value is -1.99. The molecule has 1 fully saturated rings. The highest BCUT2D eigenvalue weighted by Gasteiger charge is 2.31. The van der Waals surface area contributed by atoms with Gasteiger partial charge in [0.15, 0.2) is 11.5 Å². The average Bonchev–Trinajstić information content (AvgIpc) is 2.96. The van der Waals surface area contributed by atoms with Crippen LogP contribution in [-0.4, -0.2) is 28.8 Å². The van der Waals surface area contributed by atoms with Gasteiger partial charge in [0.25, 0.3) is 5.91 Å². The minimum absolute atomic E-state index is 0.155. The number of ether oxygens (including phenoxy) is 2. The number of carbonyl (C=O) groups excluding carboxylic acids is 1. The van der Waals surface area contributed by atoms with Gasteiger partial charge in [-0.25, -0.2) is 0 Å². The maximum Gasteiger partial charge on any atom is 0.266 e. The van der Waals surface area contributed by atoms with Gasteiger partial charge in [-0.3, -0.25) is 9.69 Å². The van der Waals surface area contributed by atoms with Crippen LogP contribution in [0.2, 0.25) is 10.0 Å². The first-order valence-corrected chi connectivity index (χ1v) is 10.5. The summed E-state index contributed by atoms with van der Waals surface area (Å²) in [4.78, 5) is 14.5. The molecule has 1 aliphatic rings. The molecule has 0 saturated carbocycles. The number of hydrogen-bond acceptors (Lipinski definition) is 5. The van der Waals surface area contributed by atoms with E-state index in [1.54, 1.807) is 36.4 Å². The Morgan fingerprint density at radius 3 is 2.62 bits per heavy atom. The van der Waals surface area contributed by atoms with Crippen molar-refractivity contribution in [2.45, 2.75) is 6.61 Å². The van der Waals surface area contributed by atoms with Crippen LogP contribution < -0.4 is 9.47 Å². The molecule has 0 N–H and O–H groups in total. The predicted octanol–water partition coefficient (Wildman–Crippen LogP) is 5.97. The summed E-state index contributed by atoms with van der Waals surface area (Å²) in [5, 5.41) is 1.04. The Labute approximate surface area is 189 Å². The summed E-state index contributed by atoms with van der Waals surface area (Å²) in [6.07, 6.45) is 3.38. The number of carbonyl (C=O) groups is 1. The number of amides is 1. The molecule has 0 bridgehead atoms. The number of thiocarbonyl (C=S) groups is 1. The normalized spacial score (nSPS) is 15.1. The summed E-state index contributed by atoms with van der Waals surface area (Å²) in [7, 11) is 1.54. The van der Waals surface area contributed by atoms with Crippen LogP contribution in [0.4, 0.5) is 0 Å². The van der Waals surface area contributed by atoms with E-state index in [0.717, 1.165) is 5.56 Å². The fourth-order valence-corrected chi connectivity index (χ4v) is 4.31. The molecule has 0 spiro atoms. The number of thioether (sulfide) groups is 1. The largest absolute Gasteiger partial charge is 0.493 e. The maximum atomic E-state index is 12.5. The molecular formula is C21H17Cl2NO3S2. The fourth-order valence-electron chi connectivity index (χ4n) is 2.64. The van der Waals surface area contributed by atoms with Gasteiger partial charge in [-0.15, -0.1) is 6.58 Å². The molecule has 1 heterocycles. The Balaban J connectivity index is 1.83. The second-order valence-corrected chi connectivity index (χ2v) is 8.55. The van der Waals surface area contributed by atoms with E-state index in [1.165, 1.54) is 23.8 Å². The van der Waals surface area contributed by atoms with E-state index in [9.17, 15) is 4.79 Å². The zero-order chi connectivity index (χ0) is 21.0.